The van der Waals surface area contributed by atoms with E-state index < -0.39 is 0 Å². The molecule has 5 nitrogen and oxygen atoms in total. The minimum absolute atomic E-state index is 0.0815. The molecule has 2 N–H and O–H groups in total. The highest BCUT2D eigenvalue weighted by Gasteiger charge is 2.22. The fraction of sp³-hybridized carbons (Fsp3) is 0.650. The van der Waals surface area contributed by atoms with Gasteiger partial charge in [-0.25, -0.2) is 4.79 Å². The predicted molar refractivity (Wildman–Crippen MR) is 102 cm³/mol. The molecule has 1 aromatic rings. The number of likely N-dealkylation sites (tertiary alicyclic amines) is 1. The predicted octanol–water partition coefficient (Wildman–Crippen LogP) is 3.57. The summed E-state index contributed by atoms with van der Waals surface area (Å²) < 4.78 is 5.27. The van der Waals surface area contributed by atoms with Crippen LogP contribution in [0.4, 0.5) is 4.79 Å². The molecule has 25 heavy (non-hydrogen) atoms. The van der Waals surface area contributed by atoms with E-state index >= 15 is 0 Å². The molecule has 0 spiro atoms. The molecule has 140 valence electrons. The summed E-state index contributed by atoms with van der Waals surface area (Å²) in [7, 11) is 1.68. The molecular weight excluding hydrogens is 314 g/mol. The second-order valence-electron chi connectivity index (χ2n) is 7.22. The first-order valence-corrected chi connectivity index (χ1v) is 9.50. The number of carbonyl (C=O) groups excluding carboxylic acids is 1. The minimum atomic E-state index is -0.0815. The summed E-state index contributed by atoms with van der Waals surface area (Å²) in [5.41, 5.74) is 1.23. The van der Waals surface area contributed by atoms with E-state index in [1.54, 1.807) is 7.11 Å². The van der Waals surface area contributed by atoms with Gasteiger partial charge in [0.2, 0.25) is 0 Å². The SMILES string of the molecule is COc1ccc(C(CNC(=O)NCC(C)C)N2CCCCCC2)cc1. The Hall–Kier alpha value is -1.75. The Bertz CT molecular complexity index is 508. The maximum absolute atomic E-state index is 12.1. The summed E-state index contributed by atoms with van der Waals surface area (Å²) in [5.74, 6) is 1.31. The van der Waals surface area contributed by atoms with Crippen LogP contribution in [0.2, 0.25) is 0 Å². The van der Waals surface area contributed by atoms with Gasteiger partial charge in [-0.2, -0.15) is 0 Å². The van der Waals surface area contributed by atoms with Crippen molar-refractivity contribution >= 4 is 6.03 Å². The number of nitrogens with zero attached hydrogens (tertiary/aromatic N) is 1. The van der Waals surface area contributed by atoms with Crippen molar-refractivity contribution in [3.8, 4) is 5.75 Å². The molecule has 1 saturated heterocycles. The third-order valence-corrected chi connectivity index (χ3v) is 4.71. The Morgan fingerprint density at radius 3 is 2.20 bits per heavy atom. The van der Waals surface area contributed by atoms with E-state index in [4.69, 9.17) is 4.74 Å². The van der Waals surface area contributed by atoms with Crippen molar-refractivity contribution < 1.29 is 9.53 Å². The third-order valence-electron chi connectivity index (χ3n) is 4.71. The quantitative estimate of drug-likeness (QED) is 0.793. The van der Waals surface area contributed by atoms with Crippen LogP contribution in [0.15, 0.2) is 24.3 Å². The molecule has 2 rings (SSSR count). The average molecular weight is 348 g/mol. The lowest BCUT2D eigenvalue weighted by Gasteiger charge is -2.31. The van der Waals surface area contributed by atoms with Crippen LogP contribution >= 0.6 is 0 Å². The molecule has 1 heterocycles. The average Bonchev–Trinajstić information content (AvgIpc) is 2.90. The van der Waals surface area contributed by atoms with Crippen molar-refractivity contribution in [3.63, 3.8) is 0 Å². The summed E-state index contributed by atoms with van der Waals surface area (Å²) in [4.78, 5) is 14.6. The molecule has 2 amide bonds. The van der Waals surface area contributed by atoms with E-state index in [2.05, 4.69) is 41.5 Å². The third kappa shape index (κ3) is 6.58. The van der Waals surface area contributed by atoms with Crippen molar-refractivity contribution in [2.24, 2.45) is 5.92 Å². The lowest BCUT2D eigenvalue weighted by atomic mass is 10.0. The van der Waals surface area contributed by atoms with Gasteiger partial charge in [-0.05, 0) is 49.5 Å². The van der Waals surface area contributed by atoms with Crippen molar-refractivity contribution in [3.05, 3.63) is 29.8 Å². The molecule has 0 bridgehead atoms. The standard InChI is InChI=1S/C20H33N3O2/c1-16(2)14-21-20(24)22-15-19(23-12-6-4-5-7-13-23)17-8-10-18(25-3)11-9-17/h8-11,16,19H,4-7,12-15H2,1-3H3,(H2,21,22,24). The molecule has 1 aliphatic heterocycles. The van der Waals surface area contributed by atoms with E-state index in [1.807, 2.05) is 12.1 Å². The molecule has 0 radical (unpaired) electrons. The van der Waals surface area contributed by atoms with Crippen LogP contribution in [0.3, 0.4) is 0 Å². The van der Waals surface area contributed by atoms with Crippen LogP contribution in [0.1, 0.15) is 51.1 Å². The van der Waals surface area contributed by atoms with Gasteiger partial charge in [0.25, 0.3) is 0 Å². The highest BCUT2D eigenvalue weighted by Crippen LogP contribution is 2.25. The fourth-order valence-corrected chi connectivity index (χ4v) is 3.24. The van der Waals surface area contributed by atoms with Crippen molar-refractivity contribution in [2.45, 2.75) is 45.6 Å². The van der Waals surface area contributed by atoms with Crippen LogP contribution in [0.5, 0.6) is 5.75 Å². The number of rotatable bonds is 7. The maximum atomic E-state index is 12.1. The van der Waals surface area contributed by atoms with E-state index in [0.717, 1.165) is 18.8 Å². The van der Waals surface area contributed by atoms with Gasteiger partial charge in [0.05, 0.1) is 13.2 Å². The first kappa shape index (κ1) is 19.6. The Labute approximate surface area is 152 Å². The molecule has 0 aliphatic carbocycles. The maximum Gasteiger partial charge on any atom is 0.314 e. The molecule has 5 heteroatoms. The number of hydrogen-bond acceptors (Lipinski definition) is 3. The van der Waals surface area contributed by atoms with E-state index in [0.29, 0.717) is 19.0 Å². The second-order valence-corrected chi connectivity index (χ2v) is 7.22. The number of carbonyl (C=O) groups is 1. The van der Waals surface area contributed by atoms with Crippen molar-refractivity contribution in [2.75, 3.05) is 33.3 Å². The molecule has 1 aliphatic rings. The van der Waals surface area contributed by atoms with Gasteiger partial charge in [-0.15, -0.1) is 0 Å². The van der Waals surface area contributed by atoms with Gasteiger partial charge >= 0.3 is 6.03 Å². The van der Waals surface area contributed by atoms with Gasteiger partial charge in [0.1, 0.15) is 5.75 Å². The smallest absolute Gasteiger partial charge is 0.314 e. The summed E-state index contributed by atoms with van der Waals surface area (Å²) >= 11 is 0. The number of ether oxygens (including phenoxy) is 1. The highest BCUT2D eigenvalue weighted by molar-refractivity contribution is 5.73. The molecule has 1 aromatic carbocycles. The molecule has 1 unspecified atom stereocenters. The summed E-state index contributed by atoms with van der Waals surface area (Å²) in [6.45, 7) is 7.69. The van der Waals surface area contributed by atoms with Crippen molar-refractivity contribution in [1.29, 1.82) is 0 Å². The van der Waals surface area contributed by atoms with Crippen LogP contribution in [0.25, 0.3) is 0 Å². The van der Waals surface area contributed by atoms with E-state index in [-0.39, 0.29) is 12.1 Å². The number of methoxy groups -OCH3 is 1. The van der Waals surface area contributed by atoms with E-state index in [9.17, 15) is 4.79 Å². The van der Waals surface area contributed by atoms with Crippen LogP contribution < -0.4 is 15.4 Å². The fourth-order valence-electron chi connectivity index (χ4n) is 3.24. The summed E-state index contributed by atoms with van der Waals surface area (Å²) in [6.07, 6.45) is 5.06. The van der Waals surface area contributed by atoms with Gasteiger partial charge < -0.3 is 15.4 Å². The second kappa shape index (κ2) is 10.3. The Balaban J connectivity index is 2.03. The van der Waals surface area contributed by atoms with Crippen LogP contribution in [-0.2, 0) is 0 Å². The highest BCUT2D eigenvalue weighted by atomic mass is 16.5. The molecule has 1 atom stereocenters. The lowest BCUT2D eigenvalue weighted by Crippen LogP contribution is -2.43. The van der Waals surface area contributed by atoms with Crippen LogP contribution in [-0.4, -0.2) is 44.2 Å². The van der Waals surface area contributed by atoms with E-state index in [1.165, 1.54) is 31.2 Å². The summed E-state index contributed by atoms with van der Waals surface area (Å²) in [5, 5.41) is 5.99. The van der Waals surface area contributed by atoms with Crippen LogP contribution in [0, 0.1) is 5.92 Å². The number of nitrogens with one attached hydrogen (secondary N) is 2. The molecular formula is C20H33N3O2. The number of urea groups is 1. The molecule has 1 fully saturated rings. The van der Waals surface area contributed by atoms with Gasteiger partial charge in [0, 0.05) is 13.1 Å². The zero-order chi connectivity index (χ0) is 18.1. The number of hydrogen-bond donors (Lipinski definition) is 2. The Morgan fingerprint density at radius 2 is 1.64 bits per heavy atom. The molecule has 0 saturated carbocycles. The van der Waals surface area contributed by atoms with Gasteiger partial charge in [-0.1, -0.05) is 38.8 Å². The molecule has 0 aromatic heterocycles. The zero-order valence-corrected chi connectivity index (χ0v) is 15.9. The lowest BCUT2D eigenvalue weighted by molar-refractivity contribution is 0.195. The van der Waals surface area contributed by atoms with Crippen molar-refractivity contribution in [1.82, 2.24) is 15.5 Å². The normalized spacial score (nSPS) is 17.0. The Morgan fingerprint density at radius 1 is 1.04 bits per heavy atom. The first-order chi connectivity index (χ1) is 12.1. The zero-order valence-electron chi connectivity index (χ0n) is 15.9. The van der Waals surface area contributed by atoms with Gasteiger partial charge in [0.15, 0.2) is 0 Å². The van der Waals surface area contributed by atoms with Gasteiger partial charge in [-0.3, -0.25) is 4.90 Å². The summed E-state index contributed by atoms with van der Waals surface area (Å²) in [6, 6.07) is 8.35. The topological polar surface area (TPSA) is 53.6 Å². The minimum Gasteiger partial charge on any atom is -0.497 e. The number of amides is 2. The monoisotopic (exact) mass is 347 g/mol. The first-order valence-electron chi connectivity index (χ1n) is 9.50. The number of benzene rings is 1. The largest absolute Gasteiger partial charge is 0.497 e. The Kier molecular flexibility index (Phi) is 8.06.